The van der Waals surface area contributed by atoms with Crippen molar-refractivity contribution in [3.63, 3.8) is 0 Å². The average molecular weight is 366 g/mol. The van der Waals surface area contributed by atoms with Crippen molar-refractivity contribution in [3.05, 3.63) is 64.6 Å². The Labute approximate surface area is 158 Å². The van der Waals surface area contributed by atoms with E-state index in [0.717, 1.165) is 17.0 Å². The van der Waals surface area contributed by atoms with Crippen LogP contribution in [0.25, 0.3) is 6.08 Å². The maximum Gasteiger partial charge on any atom is 0.264 e. The van der Waals surface area contributed by atoms with Gasteiger partial charge in [0.05, 0.1) is 17.2 Å². The SMILES string of the molecule is Cc1ccc(N=C2NC(=O)C(=Cc3ccc(OCC(C)C)cc3)S2)cc1. The van der Waals surface area contributed by atoms with Crippen LogP contribution in [-0.2, 0) is 4.79 Å². The summed E-state index contributed by atoms with van der Waals surface area (Å²) in [4.78, 5) is 17.3. The van der Waals surface area contributed by atoms with E-state index in [1.54, 1.807) is 0 Å². The standard InChI is InChI=1S/C21H22N2O2S/c1-14(2)13-25-18-10-6-16(7-11-18)12-19-20(24)23-21(26-19)22-17-8-4-15(3)5-9-17/h4-12,14H,13H2,1-3H3,(H,22,23,24). The van der Waals surface area contributed by atoms with Gasteiger partial charge in [-0.2, -0.15) is 0 Å². The van der Waals surface area contributed by atoms with Gasteiger partial charge in [-0.3, -0.25) is 4.79 Å². The number of hydrogen-bond donors (Lipinski definition) is 1. The number of carbonyl (C=O) groups is 1. The molecule has 1 amide bonds. The number of hydrogen-bond acceptors (Lipinski definition) is 4. The third kappa shape index (κ3) is 4.99. The minimum absolute atomic E-state index is 0.124. The Morgan fingerprint density at radius 3 is 2.46 bits per heavy atom. The number of amidine groups is 1. The molecule has 1 aliphatic heterocycles. The Morgan fingerprint density at radius 1 is 1.12 bits per heavy atom. The molecule has 1 aliphatic rings. The normalized spacial score (nSPS) is 17.2. The van der Waals surface area contributed by atoms with Crippen LogP contribution in [-0.4, -0.2) is 17.7 Å². The molecule has 0 aromatic heterocycles. The zero-order valence-electron chi connectivity index (χ0n) is 15.2. The lowest BCUT2D eigenvalue weighted by molar-refractivity contribution is -0.115. The molecule has 2 aromatic rings. The third-order valence-electron chi connectivity index (χ3n) is 3.68. The van der Waals surface area contributed by atoms with Crippen molar-refractivity contribution in [3.8, 4) is 5.75 Å². The van der Waals surface area contributed by atoms with Crippen LogP contribution in [0, 0.1) is 12.8 Å². The van der Waals surface area contributed by atoms with Gasteiger partial charge in [0, 0.05) is 0 Å². The molecule has 0 unspecified atom stereocenters. The topological polar surface area (TPSA) is 50.7 Å². The number of nitrogens with zero attached hydrogens (tertiary/aromatic N) is 1. The van der Waals surface area contributed by atoms with Crippen LogP contribution >= 0.6 is 11.8 Å². The van der Waals surface area contributed by atoms with E-state index < -0.39 is 0 Å². The molecule has 2 aromatic carbocycles. The molecular weight excluding hydrogens is 344 g/mol. The summed E-state index contributed by atoms with van der Waals surface area (Å²) in [6.45, 7) is 6.95. The van der Waals surface area contributed by atoms with Crippen molar-refractivity contribution < 1.29 is 9.53 Å². The number of aryl methyl sites for hydroxylation is 1. The Morgan fingerprint density at radius 2 is 1.81 bits per heavy atom. The van der Waals surface area contributed by atoms with E-state index in [1.165, 1.54) is 17.3 Å². The summed E-state index contributed by atoms with van der Waals surface area (Å²) in [6.07, 6.45) is 1.86. The van der Waals surface area contributed by atoms with E-state index in [-0.39, 0.29) is 5.91 Å². The van der Waals surface area contributed by atoms with Gasteiger partial charge in [-0.1, -0.05) is 43.7 Å². The molecule has 26 heavy (non-hydrogen) atoms. The zero-order valence-corrected chi connectivity index (χ0v) is 16.0. The van der Waals surface area contributed by atoms with Gasteiger partial charge in [0.2, 0.25) is 0 Å². The van der Waals surface area contributed by atoms with Gasteiger partial charge < -0.3 is 10.1 Å². The van der Waals surface area contributed by atoms with Gasteiger partial charge in [0.15, 0.2) is 5.17 Å². The molecule has 1 fully saturated rings. The van der Waals surface area contributed by atoms with Gasteiger partial charge in [-0.05, 0) is 60.5 Å². The van der Waals surface area contributed by atoms with Gasteiger partial charge in [-0.25, -0.2) is 4.99 Å². The van der Waals surface area contributed by atoms with Crippen molar-refractivity contribution in [2.24, 2.45) is 10.9 Å². The van der Waals surface area contributed by atoms with Crippen molar-refractivity contribution in [2.75, 3.05) is 6.61 Å². The highest BCUT2D eigenvalue weighted by Crippen LogP contribution is 2.28. The second kappa shape index (κ2) is 8.23. The number of ether oxygens (including phenoxy) is 1. The molecule has 1 N–H and O–H groups in total. The lowest BCUT2D eigenvalue weighted by atomic mass is 10.2. The van der Waals surface area contributed by atoms with Gasteiger partial charge in [-0.15, -0.1) is 0 Å². The Hall–Kier alpha value is -2.53. The molecule has 0 radical (unpaired) electrons. The molecule has 0 bridgehead atoms. The first-order valence-corrected chi connectivity index (χ1v) is 9.40. The fraction of sp³-hybridized carbons (Fsp3) is 0.238. The van der Waals surface area contributed by atoms with E-state index in [0.29, 0.717) is 22.6 Å². The predicted octanol–water partition coefficient (Wildman–Crippen LogP) is 4.92. The first kappa shape index (κ1) is 18.3. The summed E-state index contributed by atoms with van der Waals surface area (Å²) in [5.41, 5.74) is 2.96. The summed E-state index contributed by atoms with van der Waals surface area (Å²) < 4.78 is 5.68. The van der Waals surface area contributed by atoms with E-state index in [9.17, 15) is 4.79 Å². The number of rotatable bonds is 5. The monoisotopic (exact) mass is 366 g/mol. The molecule has 134 valence electrons. The summed E-state index contributed by atoms with van der Waals surface area (Å²) in [6, 6.07) is 15.6. The van der Waals surface area contributed by atoms with Crippen LogP contribution in [0.4, 0.5) is 5.69 Å². The fourth-order valence-corrected chi connectivity index (χ4v) is 3.13. The summed E-state index contributed by atoms with van der Waals surface area (Å²) in [7, 11) is 0. The summed E-state index contributed by atoms with van der Waals surface area (Å²) in [5.74, 6) is 1.20. The molecular formula is C21H22N2O2S. The average Bonchev–Trinajstić information content (AvgIpc) is 2.95. The van der Waals surface area contributed by atoms with Gasteiger partial charge in [0.1, 0.15) is 5.75 Å². The first-order valence-electron chi connectivity index (χ1n) is 8.59. The quantitative estimate of drug-likeness (QED) is 0.764. The number of nitrogens with one attached hydrogen (secondary N) is 1. The van der Waals surface area contributed by atoms with Crippen molar-refractivity contribution >= 4 is 34.6 Å². The van der Waals surface area contributed by atoms with Crippen LogP contribution in [0.15, 0.2) is 58.4 Å². The third-order valence-corrected chi connectivity index (χ3v) is 4.59. The summed E-state index contributed by atoms with van der Waals surface area (Å²) >= 11 is 1.35. The molecule has 0 atom stereocenters. The number of benzene rings is 2. The fourth-order valence-electron chi connectivity index (χ4n) is 2.29. The largest absolute Gasteiger partial charge is 0.493 e. The van der Waals surface area contributed by atoms with Crippen molar-refractivity contribution in [2.45, 2.75) is 20.8 Å². The second-order valence-electron chi connectivity index (χ2n) is 6.59. The Bertz CT molecular complexity index is 837. The highest BCUT2D eigenvalue weighted by molar-refractivity contribution is 8.18. The number of aliphatic imine (C=N–C) groups is 1. The van der Waals surface area contributed by atoms with Crippen LogP contribution in [0.2, 0.25) is 0 Å². The molecule has 5 heteroatoms. The van der Waals surface area contributed by atoms with Crippen molar-refractivity contribution in [1.29, 1.82) is 0 Å². The van der Waals surface area contributed by atoms with Crippen LogP contribution < -0.4 is 10.1 Å². The molecule has 0 aliphatic carbocycles. The van der Waals surface area contributed by atoms with E-state index in [1.807, 2.05) is 61.5 Å². The van der Waals surface area contributed by atoms with Gasteiger partial charge >= 0.3 is 0 Å². The molecule has 1 saturated heterocycles. The van der Waals surface area contributed by atoms with E-state index >= 15 is 0 Å². The smallest absolute Gasteiger partial charge is 0.264 e. The maximum absolute atomic E-state index is 12.2. The second-order valence-corrected chi connectivity index (χ2v) is 7.62. The number of carbonyl (C=O) groups excluding carboxylic acids is 1. The number of amides is 1. The molecule has 3 rings (SSSR count). The molecule has 0 spiro atoms. The minimum atomic E-state index is -0.124. The lowest BCUT2D eigenvalue weighted by Crippen LogP contribution is -2.19. The number of thioether (sulfide) groups is 1. The maximum atomic E-state index is 12.2. The van der Waals surface area contributed by atoms with E-state index in [2.05, 4.69) is 24.2 Å². The zero-order chi connectivity index (χ0) is 18.5. The van der Waals surface area contributed by atoms with Crippen molar-refractivity contribution in [1.82, 2.24) is 5.32 Å². The Kier molecular flexibility index (Phi) is 5.78. The predicted molar refractivity (Wildman–Crippen MR) is 109 cm³/mol. The molecule has 0 saturated carbocycles. The van der Waals surface area contributed by atoms with Crippen LogP contribution in [0.3, 0.4) is 0 Å². The van der Waals surface area contributed by atoms with Gasteiger partial charge in [0.25, 0.3) is 5.91 Å². The van der Waals surface area contributed by atoms with Crippen LogP contribution in [0.1, 0.15) is 25.0 Å². The Balaban J connectivity index is 1.69. The highest BCUT2D eigenvalue weighted by atomic mass is 32.2. The first-order chi connectivity index (χ1) is 12.5. The highest BCUT2D eigenvalue weighted by Gasteiger charge is 2.23. The molecule has 1 heterocycles. The van der Waals surface area contributed by atoms with Crippen LogP contribution in [0.5, 0.6) is 5.75 Å². The van der Waals surface area contributed by atoms with E-state index in [4.69, 9.17) is 4.74 Å². The summed E-state index contributed by atoms with van der Waals surface area (Å²) in [5, 5.41) is 3.41. The molecule has 4 nitrogen and oxygen atoms in total. The lowest BCUT2D eigenvalue weighted by Gasteiger charge is -2.08. The minimum Gasteiger partial charge on any atom is -0.493 e.